The number of amidine groups is 1. The Kier molecular flexibility index (Phi) is 7.69. The SMILES string of the molecule is C[C@H](O)CCC(=O)CSc1nonc1C(=Nc1ccc(F)c(Br)c1)NO. The lowest BCUT2D eigenvalue weighted by Gasteiger charge is -2.04. The van der Waals surface area contributed by atoms with Gasteiger partial charge in [-0.05, 0) is 57.8 Å². The predicted octanol–water partition coefficient (Wildman–Crippen LogP) is 2.85. The predicted molar refractivity (Wildman–Crippen MR) is 96.2 cm³/mol. The monoisotopic (exact) mass is 446 g/mol. The number of nitrogens with zero attached hydrogens (tertiary/aromatic N) is 3. The molecule has 1 heterocycles. The molecule has 0 fully saturated rings. The molecule has 26 heavy (non-hydrogen) atoms. The molecule has 2 rings (SSSR count). The molecule has 0 aliphatic heterocycles. The number of aromatic nitrogens is 2. The largest absolute Gasteiger partial charge is 0.393 e. The first-order valence-electron chi connectivity index (χ1n) is 7.50. The molecule has 0 aliphatic rings. The van der Waals surface area contributed by atoms with E-state index in [1.54, 1.807) is 6.92 Å². The van der Waals surface area contributed by atoms with Gasteiger partial charge in [-0.1, -0.05) is 11.8 Å². The maximum absolute atomic E-state index is 13.3. The molecule has 0 aliphatic carbocycles. The third-order valence-corrected chi connectivity index (χ3v) is 4.76. The van der Waals surface area contributed by atoms with Crippen LogP contribution < -0.4 is 5.48 Å². The standard InChI is InChI=1S/C15H16BrFN4O4S/c1-8(22)2-4-10(23)7-26-15-13(20-25-21-15)14(19-24)18-9-3-5-12(17)11(16)6-9/h3,5-6,8,22,24H,2,4,7H2,1H3,(H,18,19)/t8-/m0/s1. The van der Waals surface area contributed by atoms with Crippen molar-refractivity contribution in [1.82, 2.24) is 15.8 Å². The summed E-state index contributed by atoms with van der Waals surface area (Å²) in [5.41, 5.74) is 2.36. The maximum atomic E-state index is 13.3. The van der Waals surface area contributed by atoms with Gasteiger partial charge in [-0.15, -0.1) is 0 Å². The minimum Gasteiger partial charge on any atom is -0.393 e. The van der Waals surface area contributed by atoms with Crippen molar-refractivity contribution in [3.05, 3.63) is 34.2 Å². The second kappa shape index (κ2) is 9.76. The van der Waals surface area contributed by atoms with Gasteiger partial charge in [0.05, 0.1) is 22.0 Å². The summed E-state index contributed by atoms with van der Waals surface area (Å²) in [6.45, 7) is 1.61. The van der Waals surface area contributed by atoms with E-state index in [-0.39, 0.29) is 39.0 Å². The van der Waals surface area contributed by atoms with Gasteiger partial charge < -0.3 is 5.11 Å². The van der Waals surface area contributed by atoms with E-state index >= 15 is 0 Å². The number of ketones is 1. The van der Waals surface area contributed by atoms with Crippen molar-refractivity contribution >= 4 is 45.0 Å². The fourth-order valence-corrected chi connectivity index (χ4v) is 2.99. The van der Waals surface area contributed by atoms with Gasteiger partial charge in [0.25, 0.3) is 0 Å². The number of hydroxylamine groups is 1. The van der Waals surface area contributed by atoms with Crippen LogP contribution in [0.2, 0.25) is 0 Å². The van der Waals surface area contributed by atoms with E-state index in [1.807, 2.05) is 5.48 Å². The summed E-state index contributed by atoms with van der Waals surface area (Å²) in [4.78, 5) is 15.9. The Morgan fingerprint density at radius 3 is 2.92 bits per heavy atom. The van der Waals surface area contributed by atoms with E-state index < -0.39 is 11.9 Å². The van der Waals surface area contributed by atoms with E-state index in [0.29, 0.717) is 12.1 Å². The Balaban J connectivity index is 2.12. The summed E-state index contributed by atoms with van der Waals surface area (Å²) in [6.07, 6.45) is 0.0856. The number of carbonyl (C=O) groups excluding carboxylic acids is 1. The van der Waals surface area contributed by atoms with Crippen molar-refractivity contribution in [3.63, 3.8) is 0 Å². The highest BCUT2D eigenvalue weighted by atomic mass is 79.9. The second-order valence-corrected chi connectivity index (χ2v) is 7.12. The lowest BCUT2D eigenvalue weighted by atomic mass is 10.2. The molecule has 0 bridgehead atoms. The molecular formula is C15H16BrFN4O4S. The van der Waals surface area contributed by atoms with Gasteiger partial charge >= 0.3 is 0 Å². The summed E-state index contributed by atoms with van der Waals surface area (Å²) >= 11 is 4.13. The number of rotatable bonds is 8. The highest BCUT2D eigenvalue weighted by molar-refractivity contribution is 9.10. The lowest BCUT2D eigenvalue weighted by Crippen LogP contribution is -2.21. The number of aliphatic hydroxyl groups is 1. The topological polar surface area (TPSA) is 121 Å². The molecule has 8 nitrogen and oxygen atoms in total. The number of hydrogen-bond donors (Lipinski definition) is 3. The second-order valence-electron chi connectivity index (χ2n) is 5.30. The fourth-order valence-electron chi connectivity index (χ4n) is 1.83. The zero-order valence-corrected chi connectivity index (χ0v) is 16.0. The molecular weight excluding hydrogens is 431 g/mol. The van der Waals surface area contributed by atoms with Crippen molar-refractivity contribution in [1.29, 1.82) is 0 Å². The van der Waals surface area contributed by atoms with Crippen molar-refractivity contribution in [2.24, 2.45) is 4.99 Å². The Labute approximate surface area is 160 Å². The van der Waals surface area contributed by atoms with E-state index in [1.165, 1.54) is 18.2 Å². The van der Waals surface area contributed by atoms with Gasteiger partial charge in [0.15, 0.2) is 16.6 Å². The molecule has 1 atom stereocenters. The first kappa shape index (κ1) is 20.5. The summed E-state index contributed by atoms with van der Waals surface area (Å²) < 4.78 is 18.2. The van der Waals surface area contributed by atoms with E-state index in [9.17, 15) is 19.5 Å². The van der Waals surface area contributed by atoms with Crippen LogP contribution in [0.25, 0.3) is 0 Å². The van der Waals surface area contributed by atoms with Gasteiger partial charge in [0.1, 0.15) is 11.6 Å². The first-order valence-corrected chi connectivity index (χ1v) is 9.28. The van der Waals surface area contributed by atoms with Crippen LogP contribution in [0.15, 0.2) is 37.3 Å². The minimum absolute atomic E-state index is 0.0660. The van der Waals surface area contributed by atoms with Gasteiger partial charge in [-0.2, -0.15) is 0 Å². The van der Waals surface area contributed by atoms with Crippen LogP contribution in [0.3, 0.4) is 0 Å². The van der Waals surface area contributed by atoms with Crippen LogP contribution in [0.5, 0.6) is 0 Å². The highest BCUT2D eigenvalue weighted by Crippen LogP contribution is 2.24. The number of carbonyl (C=O) groups is 1. The number of nitrogens with one attached hydrogen (secondary N) is 1. The van der Waals surface area contributed by atoms with Crippen LogP contribution in [-0.4, -0.2) is 44.1 Å². The molecule has 3 N–H and O–H groups in total. The number of aliphatic imine (C=N–C) groups is 1. The number of Topliss-reactive ketones (excluding diaryl/α,β-unsaturated/α-hetero) is 1. The third kappa shape index (κ3) is 5.87. The van der Waals surface area contributed by atoms with Gasteiger partial charge in [-0.25, -0.2) is 14.0 Å². The van der Waals surface area contributed by atoms with Crippen molar-refractivity contribution < 1.29 is 24.1 Å². The Hall–Kier alpha value is -1.82. The van der Waals surface area contributed by atoms with Gasteiger partial charge in [-0.3, -0.25) is 15.5 Å². The number of hydrogen-bond acceptors (Lipinski definition) is 8. The molecule has 0 amide bonds. The van der Waals surface area contributed by atoms with E-state index in [0.717, 1.165) is 11.8 Å². The van der Waals surface area contributed by atoms with E-state index in [2.05, 4.69) is 35.9 Å². The summed E-state index contributed by atoms with van der Waals surface area (Å²) in [5.74, 6) is -0.474. The molecule has 0 spiro atoms. The molecule has 0 saturated carbocycles. The third-order valence-electron chi connectivity index (χ3n) is 3.14. The summed E-state index contributed by atoms with van der Waals surface area (Å²) in [5, 5.41) is 26.2. The van der Waals surface area contributed by atoms with Crippen molar-refractivity contribution in [2.75, 3.05) is 5.75 Å². The molecule has 0 saturated heterocycles. The molecule has 140 valence electrons. The minimum atomic E-state index is -0.541. The van der Waals surface area contributed by atoms with Crippen LogP contribution >= 0.6 is 27.7 Å². The number of benzene rings is 1. The van der Waals surface area contributed by atoms with Gasteiger partial charge in [0.2, 0.25) is 0 Å². The zero-order chi connectivity index (χ0) is 19.1. The molecule has 2 aromatic rings. The molecule has 1 aromatic heterocycles. The molecule has 0 radical (unpaired) electrons. The number of aliphatic hydroxyl groups excluding tert-OH is 1. The average Bonchev–Trinajstić information content (AvgIpc) is 3.07. The average molecular weight is 447 g/mol. The molecule has 0 unspecified atom stereocenters. The fraction of sp³-hybridized carbons (Fsp3) is 0.333. The van der Waals surface area contributed by atoms with Crippen LogP contribution in [0.1, 0.15) is 25.5 Å². The molecule has 1 aromatic carbocycles. The normalized spacial score (nSPS) is 12.9. The maximum Gasteiger partial charge on any atom is 0.186 e. The number of halogens is 2. The first-order chi connectivity index (χ1) is 12.4. The van der Waals surface area contributed by atoms with Crippen LogP contribution in [0.4, 0.5) is 10.1 Å². The summed E-state index contributed by atoms with van der Waals surface area (Å²) in [7, 11) is 0. The Bertz CT molecular complexity index is 800. The van der Waals surface area contributed by atoms with E-state index in [4.69, 9.17) is 0 Å². The Morgan fingerprint density at radius 2 is 2.27 bits per heavy atom. The van der Waals surface area contributed by atoms with Gasteiger partial charge in [0, 0.05) is 6.42 Å². The number of thioether (sulfide) groups is 1. The highest BCUT2D eigenvalue weighted by Gasteiger charge is 2.18. The zero-order valence-electron chi connectivity index (χ0n) is 13.6. The lowest BCUT2D eigenvalue weighted by molar-refractivity contribution is -0.117. The smallest absolute Gasteiger partial charge is 0.186 e. The van der Waals surface area contributed by atoms with Crippen molar-refractivity contribution in [3.8, 4) is 0 Å². The van der Waals surface area contributed by atoms with Crippen molar-refractivity contribution in [2.45, 2.75) is 30.9 Å². The van der Waals surface area contributed by atoms with Crippen LogP contribution in [0, 0.1) is 5.82 Å². The summed E-state index contributed by atoms with van der Waals surface area (Å²) in [6, 6.07) is 4.05. The van der Waals surface area contributed by atoms with Crippen LogP contribution in [-0.2, 0) is 4.79 Å². The quantitative estimate of drug-likeness (QED) is 0.245. The molecule has 11 heteroatoms. The Morgan fingerprint density at radius 1 is 1.50 bits per heavy atom.